The number of nitrogens with zero attached hydrogens (tertiary/aromatic N) is 6. The maximum absolute atomic E-state index is 15.4. The normalized spacial score (nSPS) is 21.6. The predicted molar refractivity (Wildman–Crippen MR) is 218 cm³/mol. The number of imide groups is 1. The van der Waals surface area contributed by atoms with E-state index in [4.69, 9.17) is 42.1 Å². The second-order valence-corrected chi connectivity index (χ2v) is 16.2. The first kappa shape index (κ1) is 44.0. The van der Waals surface area contributed by atoms with Crippen molar-refractivity contribution >= 4 is 57.8 Å². The smallest absolute Gasteiger partial charge is 0.347 e. The number of phenolic OH excluding ortho intramolecular Hbond substituents is 1. The molecule has 2 fully saturated rings. The number of phenols is 1. The summed E-state index contributed by atoms with van der Waals surface area (Å²) in [6, 6.07) is 4.38. The van der Waals surface area contributed by atoms with E-state index in [9.17, 15) is 42.3 Å². The number of benzene rings is 3. The first-order valence-corrected chi connectivity index (χ1v) is 19.7. The van der Waals surface area contributed by atoms with E-state index in [0.29, 0.717) is 22.5 Å². The van der Waals surface area contributed by atoms with Crippen molar-refractivity contribution in [2.24, 2.45) is 13.0 Å². The third-order valence-corrected chi connectivity index (χ3v) is 13.3. The van der Waals surface area contributed by atoms with Gasteiger partial charge in [-0.1, -0.05) is 18.2 Å². The van der Waals surface area contributed by atoms with E-state index in [2.05, 4.69) is 4.98 Å². The highest BCUT2D eigenvalue weighted by Crippen LogP contribution is 2.61. The molecule has 16 nitrogen and oxygen atoms in total. The highest BCUT2D eigenvalue weighted by Gasteiger charge is 2.75. The third kappa shape index (κ3) is 6.06. The number of aromatic nitrogens is 5. The first-order chi connectivity index (χ1) is 30.3. The number of ether oxygens (including phenoxy) is 4. The van der Waals surface area contributed by atoms with Crippen LogP contribution in [-0.4, -0.2) is 78.6 Å². The number of carbonyl (C=O) groups excluding carboxylic acids is 2. The summed E-state index contributed by atoms with van der Waals surface area (Å²) in [5.74, 6) is -17.4. The Morgan fingerprint density at radius 3 is 1.98 bits per heavy atom. The summed E-state index contributed by atoms with van der Waals surface area (Å²) in [4.78, 5) is 69.4. The topological polar surface area (TPSA) is 178 Å². The summed E-state index contributed by atoms with van der Waals surface area (Å²) >= 11 is 14.3. The van der Waals surface area contributed by atoms with Gasteiger partial charge in [-0.15, -0.1) is 23.2 Å². The lowest BCUT2D eigenvalue weighted by Gasteiger charge is -2.47. The quantitative estimate of drug-likeness (QED) is 0.0522. The molecule has 4 unspecified atom stereocenters. The Kier molecular flexibility index (Phi) is 10.7. The maximum atomic E-state index is 15.4. The van der Waals surface area contributed by atoms with Crippen LogP contribution in [0, 0.1) is 35.0 Å². The Morgan fingerprint density at radius 1 is 0.812 bits per heavy atom. The molecule has 1 aliphatic carbocycles. The second kappa shape index (κ2) is 15.6. The van der Waals surface area contributed by atoms with Crippen molar-refractivity contribution in [3.05, 3.63) is 114 Å². The zero-order chi connectivity index (χ0) is 46.5. The Hall–Kier alpha value is -6.61. The van der Waals surface area contributed by atoms with Crippen LogP contribution in [0.1, 0.15) is 23.7 Å². The largest absolute Gasteiger partial charge is 0.502 e. The van der Waals surface area contributed by atoms with Gasteiger partial charge in [0, 0.05) is 44.5 Å². The minimum Gasteiger partial charge on any atom is -0.502 e. The molecule has 64 heavy (non-hydrogen) atoms. The van der Waals surface area contributed by atoms with Crippen molar-refractivity contribution in [1.29, 1.82) is 0 Å². The molecule has 336 valence electrons. The summed E-state index contributed by atoms with van der Waals surface area (Å²) in [6.45, 7) is -0.736. The Morgan fingerprint density at radius 2 is 1.39 bits per heavy atom. The van der Waals surface area contributed by atoms with Gasteiger partial charge >= 0.3 is 11.4 Å². The van der Waals surface area contributed by atoms with Crippen LogP contribution in [0.5, 0.6) is 28.7 Å². The number of alkyl halides is 2. The number of hydrogen-bond acceptors (Lipinski definition) is 11. The van der Waals surface area contributed by atoms with Gasteiger partial charge in [0.1, 0.15) is 11.4 Å². The Balaban J connectivity index is 1.25. The molecule has 1 saturated heterocycles. The summed E-state index contributed by atoms with van der Waals surface area (Å²) in [7, 11) is 6.84. The number of aromatic hydroxyl groups is 1. The molecule has 0 spiro atoms. The lowest BCUT2D eigenvalue weighted by Crippen LogP contribution is -2.60. The minimum atomic E-state index is -2.81. The number of aryl methyl sites for hydroxylation is 2. The molecular formula is C41H33Cl2F5N6O10. The van der Waals surface area contributed by atoms with Crippen molar-refractivity contribution in [2.45, 2.75) is 41.7 Å². The standard InChI is InChI=1S/C41H33Cl2F5N6O10/c1-50-22-15-25(62-3)24(61-2)14-21(22)49-20(35(50)56)9-10-51-38(59)52-11-8-18-19(7-6-17-12-26(63-4)34(55)27(13-17)64-5)41(43)37(58)53(33-31(47)29(45)28(44)30(46)32(33)48)36(57)40(41,42)16-23(18)54(52)39(51)60/h6-8,12-15,19,23,55H,9-11,16H2,1-5H3. The van der Waals surface area contributed by atoms with Crippen LogP contribution in [0.15, 0.2) is 56.4 Å². The van der Waals surface area contributed by atoms with E-state index in [1.807, 2.05) is 0 Å². The molecule has 1 saturated carbocycles. The van der Waals surface area contributed by atoms with E-state index in [1.54, 1.807) is 12.1 Å². The first-order valence-electron chi connectivity index (χ1n) is 19.0. The molecule has 5 aromatic rings. The van der Waals surface area contributed by atoms with Gasteiger partial charge in [-0.25, -0.2) is 55.4 Å². The average molecular weight is 936 g/mol. The van der Waals surface area contributed by atoms with E-state index in [1.165, 1.54) is 70.4 Å². The highest BCUT2D eigenvalue weighted by molar-refractivity contribution is 6.58. The molecule has 23 heteroatoms. The molecule has 8 rings (SSSR count). The Labute approximate surface area is 366 Å². The maximum Gasteiger partial charge on any atom is 0.347 e. The number of halogens is 7. The van der Waals surface area contributed by atoms with E-state index in [-0.39, 0.29) is 51.9 Å². The fourth-order valence-corrected chi connectivity index (χ4v) is 9.49. The van der Waals surface area contributed by atoms with Crippen molar-refractivity contribution in [3.8, 4) is 28.7 Å². The zero-order valence-electron chi connectivity index (χ0n) is 34.0. The molecule has 4 heterocycles. The van der Waals surface area contributed by atoms with E-state index < -0.39 is 98.2 Å². The SMILES string of the molecule is COc1cc2nc(CCn3c(=O)n4n(c3=O)C3CC5(Cl)C(=O)N(c6c(F)c(F)c(F)c(F)c6F)C(=O)C5(Cl)C(C=Cc5cc(OC)c(O)c(OC)c5)C3=CC4)c(=O)n(C)c2cc1OC. The summed E-state index contributed by atoms with van der Waals surface area (Å²) in [5, 5.41) is 10.5. The van der Waals surface area contributed by atoms with Crippen molar-refractivity contribution < 1.29 is 55.6 Å². The van der Waals surface area contributed by atoms with Gasteiger partial charge in [0.05, 0.1) is 52.1 Å². The van der Waals surface area contributed by atoms with Crippen LogP contribution >= 0.6 is 23.2 Å². The van der Waals surface area contributed by atoms with Gasteiger partial charge < -0.3 is 28.6 Å². The molecular weight excluding hydrogens is 902 g/mol. The van der Waals surface area contributed by atoms with Crippen LogP contribution in [0.4, 0.5) is 27.6 Å². The van der Waals surface area contributed by atoms with Gasteiger partial charge in [0.25, 0.3) is 17.4 Å². The number of methoxy groups -OCH3 is 4. The molecule has 3 aromatic carbocycles. The summed E-state index contributed by atoms with van der Waals surface area (Å²) < 4.78 is 99.4. The number of allylic oxidation sites excluding steroid dienone is 3. The van der Waals surface area contributed by atoms with Gasteiger partial charge in [0.15, 0.2) is 56.0 Å². The molecule has 4 atom stereocenters. The van der Waals surface area contributed by atoms with Gasteiger partial charge in [-0.3, -0.25) is 14.4 Å². The van der Waals surface area contributed by atoms with Crippen LogP contribution < -0.4 is 40.8 Å². The highest BCUT2D eigenvalue weighted by atomic mass is 35.5. The molecule has 1 N–H and O–H groups in total. The second-order valence-electron chi connectivity index (χ2n) is 14.9. The summed E-state index contributed by atoms with van der Waals surface area (Å²) in [5.41, 5.74) is -3.30. The average Bonchev–Trinajstić information content (AvgIpc) is 3.61. The van der Waals surface area contributed by atoms with E-state index >= 15 is 8.78 Å². The van der Waals surface area contributed by atoms with Gasteiger partial charge in [-0.2, -0.15) is 0 Å². The molecule has 2 aromatic heterocycles. The number of amides is 2. The van der Waals surface area contributed by atoms with Crippen LogP contribution in [0.2, 0.25) is 0 Å². The molecule has 2 amide bonds. The van der Waals surface area contributed by atoms with Crippen LogP contribution in [0.3, 0.4) is 0 Å². The zero-order valence-corrected chi connectivity index (χ0v) is 35.5. The Bertz CT molecular complexity index is 3080. The summed E-state index contributed by atoms with van der Waals surface area (Å²) in [6.07, 6.45) is 2.94. The fourth-order valence-electron chi connectivity index (χ4n) is 8.62. The molecule has 3 aliphatic rings. The number of carbonyl (C=O) groups is 2. The number of fused-ring (bicyclic) bond motifs is 5. The monoisotopic (exact) mass is 934 g/mol. The lowest BCUT2D eigenvalue weighted by atomic mass is 9.66. The lowest BCUT2D eigenvalue weighted by molar-refractivity contribution is -0.122. The van der Waals surface area contributed by atoms with Crippen molar-refractivity contribution in [2.75, 3.05) is 33.3 Å². The van der Waals surface area contributed by atoms with Crippen LogP contribution in [0.25, 0.3) is 17.1 Å². The number of hydrogen-bond donors (Lipinski definition) is 1. The predicted octanol–water partition coefficient (Wildman–Crippen LogP) is 4.48. The van der Waals surface area contributed by atoms with Gasteiger partial charge in [0.2, 0.25) is 11.6 Å². The molecule has 0 radical (unpaired) electrons. The third-order valence-electron chi connectivity index (χ3n) is 11.8. The van der Waals surface area contributed by atoms with Gasteiger partial charge in [-0.05, 0) is 23.3 Å². The minimum absolute atomic E-state index is 0.0261. The van der Waals surface area contributed by atoms with Crippen LogP contribution in [-0.2, 0) is 36.1 Å². The number of rotatable bonds is 10. The molecule has 0 bridgehead atoms. The van der Waals surface area contributed by atoms with E-state index in [0.717, 1.165) is 13.9 Å². The fraction of sp³-hybridized carbons (Fsp3) is 0.317. The van der Waals surface area contributed by atoms with Crippen molar-refractivity contribution in [3.63, 3.8) is 0 Å². The van der Waals surface area contributed by atoms with Crippen molar-refractivity contribution in [1.82, 2.24) is 23.5 Å². The number of anilines is 1. The molecule has 2 aliphatic heterocycles.